The van der Waals surface area contributed by atoms with Gasteiger partial charge >= 0.3 is 0 Å². The second-order valence-corrected chi connectivity index (χ2v) is 6.72. The maximum absolute atomic E-state index is 12.3. The molecule has 4 nitrogen and oxygen atoms in total. The molecule has 0 aromatic carbocycles. The third-order valence-electron chi connectivity index (χ3n) is 3.00. The number of nitrogens with two attached hydrogens (primary N) is 1. The number of rotatable bonds is 2. The first-order valence-corrected chi connectivity index (χ1v) is 7.17. The molecule has 0 spiro atoms. The molecule has 1 fully saturated rings. The van der Waals surface area contributed by atoms with Gasteiger partial charge in [-0.2, -0.15) is 0 Å². The largest absolute Gasteiger partial charge is 0.331 e. The van der Waals surface area contributed by atoms with E-state index in [9.17, 15) is 4.79 Å². The first kappa shape index (κ1) is 13.0. The molecule has 2 rings (SSSR count). The van der Waals surface area contributed by atoms with E-state index in [0.717, 1.165) is 28.3 Å². The number of hydrogen-bond acceptors (Lipinski definition) is 4. The molecule has 2 N–H and O–H groups in total. The van der Waals surface area contributed by atoms with Gasteiger partial charge in [0.25, 0.3) is 5.91 Å². The third-order valence-corrected chi connectivity index (χ3v) is 4.61. The lowest BCUT2D eigenvalue weighted by Gasteiger charge is -2.39. The van der Waals surface area contributed by atoms with Gasteiger partial charge in [-0.3, -0.25) is 4.79 Å². The zero-order valence-electron chi connectivity index (χ0n) is 9.73. The van der Waals surface area contributed by atoms with Gasteiger partial charge in [0.15, 0.2) is 0 Å². The molecule has 2 heterocycles. The van der Waals surface area contributed by atoms with Gasteiger partial charge in [0.1, 0.15) is 0 Å². The van der Waals surface area contributed by atoms with Gasteiger partial charge in [-0.25, -0.2) is 0 Å². The first-order valence-electron chi connectivity index (χ1n) is 5.56. The normalized spacial score (nSPS) is 21.8. The van der Waals surface area contributed by atoms with Gasteiger partial charge in [-0.1, -0.05) is 0 Å². The van der Waals surface area contributed by atoms with Gasteiger partial charge in [0.2, 0.25) is 0 Å². The number of halogens is 1. The van der Waals surface area contributed by atoms with E-state index in [1.807, 2.05) is 17.0 Å². The number of nitrogens with zero attached hydrogens (tertiary/aromatic N) is 2. The van der Waals surface area contributed by atoms with Gasteiger partial charge < -0.3 is 15.5 Å². The van der Waals surface area contributed by atoms with Crippen LogP contribution in [-0.4, -0.2) is 55.0 Å². The van der Waals surface area contributed by atoms with Crippen molar-refractivity contribution in [2.45, 2.75) is 6.04 Å². The molecule has 1 saturated heterocycles. The SMILES string of the molecule is CN1CCN(C(=O)c2ccc(Br)s2)C(CN)C1. The summed E-state index contributed by atoms with van der Waals surface area (Å²) in [5.41, 5.74) is 5.75. The molecule has 17 heavy (non-hydrogen) atoms. The zero-order chi connectivity index (χ0) is 12.4. The highest BCUT2D eigenvalue weighted by Crippen LogP contribution is 2.24. The van der Waals surface area contributed by atoms with Crippen LogP contribution >= 0.6 is 27.3 Å². The van der Waals surface area contributed by atoms with Crippen molar-refractivity contribution in [3.05, 3.63) is 20.8 Å². The van der Waals surface area contributed by atoms with Gasteiger partial charge in [0.05, 0.1) is 14.7 Å². The predicted molar refractivity (Wildman–Crippen MR) is 73.4 cm³/mol. The van der Waals surface area contributed by atoms with Crippen molar-refractivity contribution in [2.75, 3.05) is 33.2 Å². The Hall–Kier alpha value is -0.430. The Kier molecular flexibility index (Phi) is 4.19. The van der Waals surface area contributed by atoms with Crippen molar-refractivity contribution < 1.29 is 4.79 Å². The van der Waals surface area contributed by atoms with Crippen molar-refractivity contribution in [2.24, 2.45) is 5.73 Å². The van der Waals surface area contributed by atoms with E-state index < -0.39 is 0 Å². The van der Waals surface area contributed by atoms with Crippen molar-refractivity contribution in [1.29, 1.82) is 0 Å². The summed E-state index contributed by atoms with van der Waals surface area (Å²) in [6, 6.07) is 3.90. The van der Waals surface area contributed by atoms with Gasteiger partial charge in [-0.15, -0.1) is 11.3 Å². The van der Waals surface area contributed by atoms with Crippen LogP contribution in [-0.2, 0) is 0 Å². The Morgan fingerprint density at radius 1 is 1.59 bits per heavy atom. The van der Waals surface area contributed by atoms with E-state index in [1.165, 1.54) is 11.3 Å². The summed E-state index contributed by atoms with van der Waals surface area (Å²) in [5, 5.41) is 0. The van der Waals surface area contributed by atoms with Crippen LogP contribution < -0.4 is 5.73 Å². The Labute approximate surface area is 114 Å². The van der Waals surface area contributed by atoms with E-state index >= 15 is 0 Å². The molecular formula is C11H16BrN3OS. The Morgan fingerprint density at radius 3 is 2.94 bits per heavy atom. The molecular weight excluding hydrogens is 302 g/mol. The van der Waals surface area contributed by atoms with E-state index in [-0.39, 0.29) is 11.9 Å². The van der Waals surface area contributed by atoms with Crippen LogP contribution in [0.2, 0.25) is 0 Å². The molecule has 1 aliphatic rings. The Balaban J connectivity index is 2.13. The van der Waals surface area contributed by atoms with Crippen LogP contribution in [0.25, 0.3) is 0 Å². The number of amides is 1. The quantitative estimate of drug-likeness (QED) is 0.892. The van der Waals surface area contributed by atoms with Crippen LogP contribution in [0.1, 0.15) is 9.67 Å². The first-order chi connectivity index (χ1) is 8.11. The van der Waals surface area contributed by atoms with E-state index in [4.69, 9.17) is 5.73 Å². The molecule has 1 aliphatic heterocycles. The lowest BCUT2D eigenvalue weighted by atomic mass is 10.1. The van der Waals surface area contributed by atoms with Crippen LogP contribution in [0.4, 0.5) is 0 Å². The number of likely N-dealkylation sites (N-methyl/N-ethyl adjacent to an activating group) is 1. The summed E-state index contributed by atoms with van der Waals surface area (Å²) in [7, 11) is 2.06. The summed E-state index contributed by atoms with van der Waals surface area (Å²) >= 11 is 4.85. The van der Waals surface area contributed by atoms with E-state index in [0.29, 0.717) is 6.54 Å². The summed E-state index contributed by atoms with van der Waals surface area (Å²) in [4.78, 5) is 17.2. The lowest BCUT2D eigenvalue weighted by molar-refractivity contribution is 0.0521. The van der Waals surface area contributed by atoms with Gasteiger partial charge in [-0.05, 0) is 35.1 Å². The highest BCUT2D eigenvalue weighted by Gasteiger charge is 2.29. The molecule has 6 heteroatoms. The highest BCUT2D eigenvalue weighted by atomic mass is 79.9. The smallest absolute Gasteiger partial charge is 0.264 e. The lowest BCUT2D eigenvalue weighted by Crippen LogP contribution is -2.56. The Morgan fingerprint density at radius 2 is 2.35 bits per heavy atom. The molecule has 1 aromatic heterocycles. The fourth-order valence-electron chi connectivity index (χ4n) is 2.05. The number of hydrogen-bond donors (Lipinski definition) is 1. The van der Waals surface area contributed by atoms with Crippen molar-refractivity contribution in [3.8, 4) is 0 Å². The zero-order valence-corrected chi connectivity index (χ0v) is 12.1. The summed E-state index contributed by atoms with van der Waals surface area (Å²) in [6.07, 6.45) is 0. The van der Waals surface area contributed by atoms with Crippen LogP contribution in [0.15, 0.2) is 15.9 Å². The number of carbonyl (C=O) groups excluding carboxylic acids is 1. The molecule has 0 radical (unpaired) electrons. The minimum Gasteiger partial charge on any atom is -0.331 e. The summed E-state index contributed by atoms with van der Waals surface area (Å²) in [5.74, 6) is 0.101. The molecule has 1 atom stereocenters. The minimum atomic E-state index is 0.101. The molecule has 0 saturated carbocycles. The van der Waals surface area contributed by atoms with E-state index in [1.54, 1.807) is 0 Å². The molecule has 0 aliphatic carbocycles. The van der Waals surface area contributed by atoms with Crippen LogP contribution in [0.5, 0.6) is 0 Å². The number of carbonyl (C=O) groups is 1. The highest BCUT2D eigenvalue weighted by molar-refractivity contribution is 9.11. The topological polar surface area (TPSA) is 49.6 Å². The second-order valence-electron chi connectivity index (χ2n) is 4.25. The molecule has 1 aromatic rings. The fraction of sp³-hybridized carbons (Fsp3) is 0.545. The average Bonchev–Trinajstić information content (AvgIpc) is 2.75. The van der Waals surface area contributed by atoms with Crippen LogP contribution in [0, 0.1) is 0 Å². The maximum atomic E-state index is 12.3. The van der Waals surface area contributed by atoms with Crippen molar-refractivity contribution in [3.63, 3.8) is 0 Å². The molecule has 0 bridgehead atoms. The van der Waals surface area contributed by atoms with Gasteiger partial charge in [0, 0.05) is 26.2 Å². The standard InChI is InChI=1S/C11H16BrN3OS/c1-14-4-5-15(8(6-13)7-14)11(16)9-2-3-10(12)17-9/h2-3,8H,4-7,13H2,1H3. The summed E-state index contributed by atoms with van der Waals surface area (Å²) < 4.78 is 0.985. The molecule has 94 valence electrons. The number of piperazine rings is 1. The maximum Gasteiger partial charge on any atom is 0.264 e. The predicted octanol–water partition coefficient (Wildman–Crippen LogP) is 1.23. The second kappa shape index (κ2) is 5.48. The average molecular weight is 318 g/mol. The molecule has 1 unspecified atom stereocenters. The van der Waals surface area contributed by atoms with Crippen molar-refractivity contribution >= 4 is 33.2 Å². The molecule has 1 amide bonds. The Bertz CT molecular complexity index is 409. The van der Waals surface area contributed by atoms with Crippen LogP contribution in [0.3, 0.4) is 0 Å². The fourth-order valence-corrected chi connectivity index (χ4v) is 3.39. The monoisotopic (exact) mass is 317 g/mol. The summed E-state index contributed by atoms with van der Waals surface area (Å²) in [6.45, 7) is 3.04. The van der Waals surface area contributed by atoms with Crippen molar-refractivity contribution in [1.82, 2.24) is 9.80 Å². The number of thiophene rings is 1. The minimum absolute atomic E-state index is 0.101. The van der Waals surface area contributed by atoms with E-state index in [2.05, 4.69) is 27.9 Å². The third kappa shape index (κ3) is 2.88.